The predicted molar refractivity (Wildman–Crippen MR) is 55.4 cm³/mol. The fourth-order valence-corrected chi connectivity index (χ4v) is 1.76. The second-order valence-corrected chi connectivity index (χ2v) is 3.60. The Bertz CT molecular complexity index is 385. The lowest BCUT2D eigenvalue weighted by molar-refractivity contribution is -0.143. The standard InChI is InChI=1S/C12H12O3/c1-2-8-12(11(13)14)10(15-12)9-6-4-3-5-7-9/h2-7,10H,1,8H2,(H,13,14). The monoisotopic (exact) mass is 204 g/mol. The SMILES string of the molecule is C=CCC1(C(=O)O)OC1c1ccccc1. The van der Waals surface area contributed by atoms with Crippen molar-refractivity contribution in [2.45, 2.75) is 18.1 Å². The van der Waals surface area contributed by atoms with Gasteiger partial charge in [0.15, 0.2) is 5.60 Å². The molecule has 1 fully saturated rings. The highest BCUT2D eigenvalue weighted by Gasteiger charge is 2.62. The lowest BCUT2D eigenvalue weighted by Crippen LogP contribution is -2.24. The van der Waals surface area contributed by atoms with E-state index in [1.54, 1.807) is 6.08 Å². The summed E-state index contributed by atoms with van der Waals surface area (Å²) in [5.74, 6) is -0.920. The molecule has 15 heavy (non-hydrogen) atoms. The highest BCUT2D eigenvalue weighted by Crippen LogP contribution is 2.52. The Labute approximate surface area is 88.0 Å². The minimum absolute atomic E-state index is 0.335. The van der Waals surface area contributed by atoms with Crippen molar-refractivity contribution in [3.63, 3.8) is 0 Å². The molecule has 2 unspecified atom stereocenters. The summed E-state index contributed by atoms with van der Waals surface area (Å²) < 4.78 is 5.32. The van der Waals surface area contributed by atoms with Crippen LogP contribution in [0.4, 0.5) is 0 Å². The summed E-state index contributed by atoms with van der Waals surface area (Å²) in [4.78, 5) is 11.1. The van der Waals surface area contributed by atoms with Gasteiger partial charge in [-0.1, -0.05) is 36.4 Å². The summed E-state index contributed by atoms with van der Waals surface area (Å²) in [5, 5.41) is 9.09. The highest BCUT2D eigenvalue weighted by molar-refractivity contribution is 5.82. The Morgan fingerprint density at radius 2 is 2.20 bits per heavy atom. The van der Waals surface area contributed by atoms with Crippen LogP contribution in [0.1, 0.15) is 18.1 Å². The second-order valence-electron chi connectivity index (χ2n) is 3.60. The van der Waals surface area contributed by atoms with Gasteiger partial charge in [-0.05, 0) is 5.56 Å². The largest absolute Gasteiger partial charge is 0.479 e. The van der Waals surface area contributed by atoms with Crippen molar-refractivity contribution in [2.75, 3.05) is 0 Å². The lowest BCUT2D eigenvalue weighted by Gasteiger charge is -2.03. The summed E-state index contributed by atoms with van der Waals surface area (Å²) >= 11 is 0. The third-order valence-electron chi connectivity index (χ3n) is 2.61. The zero-order chi connectivity index (χ0) is 10.9. The van der Waals surface area contributed by atoms with E-state index in [2.05, 4.69) is 6.58 Å². The maximum absolute atomic E-state index is 11.1. The second kappa shape index (κ2) is 3.51. The Hall–Kier alpha value is -1.61. The van der Waals surface area contributed by atoms with Crippen LogP contribution in [0.5, 0.6) is 0 Å². The number of ether oxygens (including phenoxy) is 1. The average Bonchev–Trinajstić information content (AvgIpc) is 2.96. The first kappa shape index (κ1) is 9.93. The van der Waals surface area contributed by atoms with Crippen LogP contribution in [0, 0.1) is 0 Å². The third kappa shape index (κ3) is 1.55. The van der Waals surface area contributed by atoms with Gasteiger partial charge in [-0.25, -0.2) is 4.79 Å². The highest BCUT2D eigenvalue weighted by atomic mass is 16.6. The van der Waals surface area contributed by atoms with Gasteiger partial charge < -0.3 is 9.84 Å². The van der Waals surface area contributed by atoms with Crippen LogP contribution in [0.3, 0.4) is 0 Å². The van der Waals surface area contributed by atoms with Crippen molar-refractivity contribution >= 4 is 5.97 Å². The van der Waals surface area contributed by atoms with Crippen LogP contribution in [-0.2, 0) is 9.53 Å². The van der Waals surface area contributed by atoms with Gasteiger partial charge in [0, 0.05) is 6.42 Å². The number of rotatable bonds is 4. The number of carboxylic acids is 1. The van der Waals surface area contributed by atoms with Crippen LogP contribution in [0.15, 0.2) is 43.0 Å². The molecule has 2 rings (SSSR count). The molecule has 0 spiro atoms. The number of aliphatic carboxylic acids is 1. The first-order valence-corrected chi connectivity index (χ1v) is 4.78. The molecular formula is C12H12O3. The predicted octanol–water partition coefficient (Wildman–Crippen LogP) is 2.16. The van der Waals surface area contributed by atoms with Gasteiger partial charge >= 0.3 is 5.97 Å². The molecule has 1 N–H and O–H groups in total. The van der Waals surface area contributed by atoms with E-state index in [0.29, 0.717) is 6.42 Å². The molecule has 1 aromatic carbocycles. The number of carboxylic acid groups (broad SMARTS) is 1. The molecular weight excluding hydrogens is 192 g/mol. The van der Waals surface area contributed by atoms with E-state index in [4.69, 9.17) is 9.84 Å². The fraction of sp³-hybridized carbons (Fsp3) is 0.250. The van der Waals surface area contributed by atoms with E-state index >= 15 is 0 Å². The van der Waals surface area contributed by atoms with Crippen LogP contribution in [-0.4, -0.2) is 16.7 Å². The van der Waals surface area contributed by atoms with E-state index in [9.17, 15) is 4.79 Å². The number of epoxide rings is 1. The molecule has 3 heteroatoms. The smallest absolute Gasteiger partial charge is 0.339 e. The van der Waals surface area contributed by atoms with E-state index in [0.717, 1.165) is 5.56 Å². The zero-order valence-electron chi connectivity index (χ0n) is 8.22. The van der Waals surface area contributed by atoms with Crippen LogP contribution < -0.4 is 0 Å². The fourth-order valence-electron chi connectivity index (χ4n) is 1.76. The van der Waals surface area contributed by atoms with Crippen molar-refractivity contribution in [2.24, 2.45) is 0 Å². The minimum atomic E-state index is -1.08. The van der Waals surface area contributed by atoms with Crippen molar-refractivity contribution in [1.29, 1.82) is 0 Å². The number of hydrogen-bond donors (Lipinski definition) is 1. The maximum atomic E-state index is 11.1. The maximum Gasteiger partial charge on any atom is 0.339 e. The number of hydrogen-bond acceptors (Lipinski definition) is 2. The van der Waals surface area contributed by atoms with E-state index < -0.39 is 11.6 Å². The van der Waals surface area contributed by atoms with E-state index in [-0.39, 0.29) is 6.10 Å². The Morgan fingerprint density at radius 1 is 1.53 bits per heavy atom. The summed E-state index contributed by atoms with van der Waals surface area (Å²) in [6.45, 7) is 3.55. The topological polar surface area (TPSA) is 49.8 Å². The molecule has 0 bridgehead atoms. The molecule has 1 aliphatic heterocycles. The molecule has 0 saturated carbocycles. The van der Waals surface area contributed by atoms with Gasteiger partial charge in [0.25, 0.3) is 0 Å². The Morgan fingerprint density at radius 3 is 2.73 bits per heavy atom. The molecule has 0 aliphatic carbocycles. The Balaban J connectivity index is 2.22. The van der Waals surface area contributed by atoms with Crippen molar-refractivity contribution in [3.8, 4) is 0 Å². The molecule has 0 aromatic heterocycles. The third-order valence-corrected chi connectivity index (χ3v) is 2.61. The Kier molecular flexibility index (Phi) is 2.32. The molecule has 2 atom stereocenters. The molecule has 0 amide bonds. The quantitative estimate of drug-likeness (QED) is 0.604. The molecule has 1 aliphatic rings. The molecule has 1 saturated heterocycles. The molecule has 1 aromatic rings. The number of benzene rings is 1. The van der Waals surface area contributed by atoms with Crippen LogP contribution in [0.25, 0.3) is 0 Å². The minimum Gasteiger partial charge on any atom is -0.479 e. The normalized spacial score (nSPS) is 28.4. The first-order chi connectivity index (χ1) is 7.20. The van der Waals surface area contributed by atoms with Gasteiger partial charge in [0.2, 0.25) is 0 Å². The van der Waals surface area contributed by atoms with E-state index in [1.165, 1.54) is 0 Å². The van der Waals surface area contributed by atoms with Crippen molar-refractivity contribution in [1.82, 2.24) is 0 Å². The van der Waals surface area contributed by atoms with Crippen molar-refractivity contribution < 1.29 is 14.6 Å². The van der Waals surface area contributed by atoms with Gasteiger partial charge in [-0.3, -0.25) is 0 Å². The summed E-state index contributed by atoms with van der Waals surface area (Å²) in [6.07, 6.45) is 1.58. The summed E-state index contributed by atoms with van der Waals surface area (Å²) in [6, 6.07) is 9.38. The number of carbonyl (C=O) groups is 1. The average molecular weight is 204 g/mol. The first-order valence-electron chi connectivity index (χ1n) is 4.78. The van der Waals surface area contributed by atoms with Gasteiger partial charge in [0.05, 0.1) is 0 Å². The van der Waals surface area contributed by atoms with Gasteiger partial charge in [-0.2, -0.15) is 0 Å². The van der Waals surface area contributed by atoms with Gasteiger partial charge in [-0.15, -0.1) is 6.58 Å². The molecule has 78 valence electrons. The molecule has 3 nitrogen and oxygen atoms in total. The molecule has 0 radical (unpaired) electrons. The van der Waals surface area contributed by atoms with Crippen molar-refractivity contribution in [3.05, 3.63) is 48.6 Å². The zero-order valence-corrected chi connectivity index (χ0v) is 8.22. The van der Waals surface area contributed by atoms with Crippen LogP contribution in [0.2, 0.25) is 0 Å². The van der Waals surface area contributed by atoms with E-state index in [1.807, 2.05) is 30.3 Å². The van der Waals surface area contributed by atoms with Gasteiger partial charge in [0.1, 0.15) is 6.10 Å². The summed E-state index contributed by atoms with van der Waals surface area (Å²) in [7, 11) is 0. The summed E-state index contributed by atoms with van der Waals surface area (Å²) in [5.41, 5.74) is -0.176. The van der Waals surface area contributed by atoms with Crippen LogP contribution >= 0.6 is 0 Å². The molecule has 1 heterocycles. The lowest BCUT2D eigenvalue weighted by atomic mass is 9.96.